The SMILES string of the molecule is CCCCCCCCCCCCSC(C)([CH]C(=O)NC(C)(C)CS(=O)(=O)O)C(=O)OC. The highest BCUT2D eigenvalue weighted by molar-refractivity contribution is 8.01. The second-order valence-electron chi connectivity index (χ2n) is 8.87. The lowest BCUT2D eigenvalue weighted by atomic mass is 10.0. The molecule has 1 unspecified atom stereocenters. The van der Waals surface area contributed by atoms with E-state index in [1.165, 1.54) is 84.1 Å². The Hall–Kier alpha value is -0.800. The molecular weight excluding hydrogens is 438 g/mol. The van der Waals surface area contributed by atoms with Crippen LogP contribution in [0.2, 0.25) is 0 Å². The molecule has 0 aromatic heterocycles. The van der Waals surface area contributed by atoms with E-state index < -0.39 is 38.0 Å². The standard InChI is InChI=1S/C22H42NO6S2/c1-6-7-8-9-10-11-12-13-14-15-16-30-22(4,20(25)29-5)17-19(24)23-21(2,3)18-31(26,27)28/h17H,6-16,18H2,1-5H3,(H,23,24)(H,26,27,28). The lowest BCUT2D eigenvalue weighted by Crippen LogP contribution is -2.51. The minimum atomic E-state index is -4.25. The molecule has 0 bridgehead atoms. The van der Waals surface area contributed by atoms with Gasteiger partial charge in [-0.1, -0.05) is 64.7 Å². The third kappa shape index (κ3) is 15.6. The number of esters is 1. The normalized spacial score (nSPS) is 14.1. The number of unbranched alkanes of at least 4 members (excludes halogenated alkanes) is 9. The van der Waals surface area contributed by atoms with E-state index in [1.54, 1.807) is 6.92 Å². The van der Waals surface area contributed by atoms with E-state index in [9.17, 15) is 18.0 Å². The fourth-order valence-electron chi connectivity index (χ4n) is 3.35. The van der Waals surface area contributed by atoms with Crippen LogP contribution in [0.4, 0.5) is 0 Å². The van der Waals surface area contributed by atoms with E-state index in [2.05, 4.69) is 12.2 Å². The van der Waals surface area contributed by atoms with E-state index >= 15 is 0 Å². The quantitative estimate of drug-likeness (QED) is 0.168. The molecule has 31 heavy (non-hydrogen) atoms. The second-order valence-corrected chi connectivity index (χ2v) is 11.9. The van der Waals surface area contributed by atoms with Crippen molar-refractivity contribution in [3.8, 4) is 0 Å². The molecule has 0 heterocycles. The van der Waals surface area contributed by atoms with E-state index in [-0.39, 0.29) is 0 Å². The molecule has 0 aliphatic heterocycles. The van der Waals surface area contributed by atoms with Gasteiger partial charge in [0.25, 0.3) is 10.1 Å². The number of carbonyl (C=O) groups excluding carboxylic acids is 2. The Labute approximate surface area is 193 Å². The Morgan fingerprint density at radius 3 is 1.90 bits per heavy atom. The van der Waals surface area contributed by atoms with Crippen LogP contribution in [-0.2, 0) is 24.4 Å². The van der Waals surface area contributed by atoms with Crippen LogP contribution in [0.3, 0.4) is 0 Å². The first kappa shape index (κ1) is 30.2. The molecule has 0 fully saturated rings. The van der Waals surface area contributed by atoms with Gasteiger partial charge in [-0.25, -0.2) is 0 Å². The topological polar surface area (TPSA) is 110 Å². The van der Waals surface area contributed by atoms with Gasteiger partial charge in [0.15, 0.2) is 0 Å². The van der Waals surface area contributed by atoms with Gasteiger partial charge in [0.05, 0.1) is 24.8 Å². The Balaban J connectivity index is 4.40. The lowest BCUT2D eigenvalue weighted by molar-refractivity contribution is -0.143. The highest BCUT2D eigenvalue weighted by Gasteiger charge is 2.39. The predicted molar refractivity (Wildman–Crippen MR) is 128 cm³/mol. The number of nitrogens with one attached hydrogen (secondary N) is 1. The molecular formula is C22H42NO6S2. The maximum atomic E-state index is 12.4. The molecule has 0 spiro atoms. The summed E-state index contributed by atoms with van der Waals surface area (Å²) in [5, 5.41) is 2.54. The van der Waals surface area contributed by atoms with Crippen molar-refractivity contribution in [1.82, 2.24) is 5.32 Å². The molecule has 1 radical (unpaired) electrons. The van der Waals surface area contributed by atoms with Crippen LogP contribution in [-0.4, -0.2) is 53.7 Å². The minimum absolute atomic E-state index is 0.535. The molecule has 0 rings (SSSR count). The van der Waals surface area contributed by atoms with Crippen LogP contribution in [0.15, 0.2) is 0 Å². The van der Waals surface area contributed by atoms with Crippen molar-refractivity contribution >= 4 is 33.8 Å². The molecule has 0 saturated carbocycles. The molecule has 7 nitrogen and oxygen atoms in total. The van der Waals surface area contributed by atoms with Crippen LogP contribution in [0, 0.1) is 6.42 Å². The second kappa shape index (κ2) is 15.1. The Bertz CT molecular complexity index is 636. The van der Waals surface area contributed by atoms with Gasteiger partial charge in [0.2, 0.25) is 5.91 Å². The van der Waals surface area contributed by atoms with Crippen molar-refractivity contribution in [2.45, 2.75) is 102 Å². The Morgan fingerprint density at radius 1 is 0.968 bits per heavy atom. The fourth-order valence-corrected chi connectivity index (χ4v) is 5.50. The first-order valence-corrected chi connectivity index (χ1v) is 13.8. The number of hydrogen-bond acceptors (Lipinski definition) is 6. The Kier molecular flexibility index (Phi) is 14.7. The van der Waals surface area contributed by atoms with E-state index in [0.717, 1.165) is 19.3 Å². The largest absolute Gasteiger partial charge is 0.468 e. The van der Waals surface area contributed by atoms with Crippen LogP contribution < -0.4 is 5.32 Å². The number of amides is 1. The summed E-state index contributed by atoms with van der Waals surface area (Å²) < 4.78 is 34.9. The zero-order valence-electron chi connectivity index (χ0n) is 19.9. The lowest BCUT2D eigenvalue weighted by Gasteiger charge is -2.29. The highest BCUT2D eigenvalue weighted by atomic mass is 32.2. The summed E-state index contributed by atoms with van der Waals surface area (Å²) >= 11 is 1.34. The molecule has 2 N–H and O–H groups in total. The fraction of sp³-hybridized carbons (Fsp3) is 0.864. The maximum Gasteiger partial charge on any atom is 0.322 e. The molecule has 1 amide bonds. The summed E-state index contributed by atoms with van der Waals surface area (Å²) in [6, 6.07) is 0. The molecule has 0 aliphatic rings. The van der Waals surface area contributed by atoms with Crippen molar-refractivity contribution in [1.29, 1.82) is 0 Å². The number of rotatable bonds is 18. The number of carbonyl (C=O) groups is 2. The zero-order chi connectivity index (χ0) is 24.0. The van der Waals surface area contributed by atoms with Gasteiger partial charge >= 0.3 is 5.97 Å². The molecule has 0 aromatic carbocycles. The van der Waals surface area contributed by atoms with Gasteiger partial charge in [-0.05, 0) is 32.9 Å². The third-order valence-electron chi connectivity index (χ3n) is 4.90. The monoisotopic (exact) mass is 480 g/mol. The van der Waals surface area contributed by atoms with Crippen molar-refractivity contribution in [2.75, 3.05) is 18.6 Å². The minimum Gasteiger partial charge on any atom is -0.468 e. The maximum absolute atomic E-state index is 12.4. The van der Waals surface area contributed by atoms with Gasteiger partial charge in [0, 0.05) is 0 Å². The highest BCUT2D eigenvalue weighted by Crippen LogP contribution is 2.31. The van der Waals surface area contributed by atoms with Gasteiger partial charge in [0.1, 0.15) is 4.75 Å². The van der Waals surface area contributed by atoms with Gasteiger partial charge < -0.3 is 10.1 Å². The average Bonchev–Trinajstić information content (AvgIpc) is 2.62. The van der Waals surface area contributed by atoms with E-state index in [1.807, 2.05) is 0 Å². The summed E-state index contributed by atoms with van der Waals surface area (Å²) in [7, 11) is -2.98. The summed E-state index contributed by atoms with van der Waals surface area (Å²) in [6.45, 7) is 6.81. The first-order valence-electron chi connectivity index (χ1n) is 11.2. The van der Waals surface area contributed by atoms with Crippen molar-refractivity contribution in [3.63, 3.8) is 0 Å². The molecule has 183 valence electrons. The number of thioether (sulfide) groups is 1. The van der Waals surface area contributed by atoms with Crippen LogP contribution in [0.1, 0.15) is 91.9 Å². The van der Waals surface area contributed by atoms with Crippen molar-refractivity contribution in [3.05, 3.63) is 6.42 Å². The van der Waals surface area contributed by atoms with E-state index in [0.29, 0.717) is 5.75 Å². The summed E-state index contributed by atoms with van der Waals surface area (Å²) in [6.07, 6.45) is 13.4. The van der Waals surface area contributed by atoms with Gasteiger partial charge in [-0.15, -0.1) is 11.8 Å². The molecule has 0 saturated heterocycles. The van der Waals surface area contributed by atoms with Crippen molar-refractivity contribution in [2.24, 2.45) is 0 Å². The molecule has 9 heteroatoms. The molecule has 1 atom stereocenters. The van der Waals surface area contributed by atoms with Crippen LogP contribution in [0.25, 0.3) is 0 Å². The summed E-state index contributed by atoms with van der Waals surface area (Å²) in [5.41, 5.74) is -1.18. The zero-order valence-corrected chi connectivity index (χ0v) is 21.5. The Morgan fingerprint density at radius 2 is 1.45 bits per heavy atom. The summed E-state index contributed by atoms with van der Waals surface area (Å²) in [4.78, 5) is 24.7. The summed E-state index contributed by atoms with van der Waals surface area (Å²) in [5.74, 6) is -1.04. The molecule has 0 aromatic rings. The predicted octanol–water partition coefficient (Wildman–Crippen LogP) is 4.56. The third-order valence-corrected chi connectivity index (χ3v) is 7.37. The smallest absolute Gasteiger partial charge is 0.322 e. The molecule has 0 aliphatic carbocycles. The number of hydrogen-bond donors (Lipinski definition) is 2. The van der Waals surface area contributed by atoms with Crippen LogP contribution >= 0.6 is 11.8 Å². The first-order chi connectivity index (χ1) is 14.4. The van der Waals surface area contributed by atoms with Gasteiger partial charge in [-0.3, -0.25) is 14.1 Å². The van der Waals surface area contributed by atoms with E-state index in [4.69, 9.17) is 9.29 Å². The number of methoxy groups -OCH3 is 1. The number of ether oxygens (including phenoxy) is 1. The average molecular weight is 481 g/mol. The van der Waals surface area contributed by atoms with Crippen molar-refractivity contribution < 1.29 is 27.3 Å². The van der Waals surface area contributed by atoms with Crippen LogP contribution in [0.5, 0.6) is 0 Å². The van der Waals surface area contributed by atoms with Gasteiger partial charge in [-0.2, -0.15) is 8.42 Å².